The number of hydrogen-bond donors (Lipinski definition) is 0. The van der Waals surface area contributed by atoms with Crippen LogP contribution in [0.2, 0.25) is 0 Å². The minimum atomic E-state index is -0.299. The van der Waals surface area contributed by atoms with Gasteiger partial charge in [0.05, 0.1) is 0 Å². The molecule has 0 fully saturated rings. The Bertz CT molecular complexity index is 403. The molecule has 4 heteroatoms. The molecule has 0 radical (unpaired) electrons. The normalized spacial score (nSPS) is 9.76. The van der Waals surface area contributed by atoms with Crippen molar-refractivity contribution in [3.05, 3.63) is 48.0 Å². The lowest BCUT2D eigenvalue weighted by molar-refractivity contribution is -0.139. The van der Waals surface area contributed by atoms with Crippen LogP contribution in [-0.4, -0.2) is 37.1 Å². The quantitative estimate of drug-likeness (QED) is 0.435. The lowest BCUT2D eigenvalue weighted by Crippen LogP contribution is -2.27. The number of carbonyl (C=O) groups excluding carboxylic acids is 1. The van der Waals surface area contributed by atoms with Crippen molar-refractivity contribution in [3.8, 4) is 0 Å². The van der Waals surface area contributed by atoms with Gasteiger partial charge in [-0.25, -0.2) is 4.79 Å². The average molecular weight is 312 g/mol. The molecule has 0 amide bonds. The van der Waals surface area contributed by atoms with Crippen molar-refractivity contribution in [2.75, 3.05) is 26.2 Å². The van der Waals surface area contributed by atoms with Gasteiger partial charge in [-0.05, 0) is 25.6 Å². The summed E-state index contributed by atoms with van der Waals surface area (Å²) >= 11 is 5.53. The minimum Gasteiger partial charge on any atom is -0.461 e. The van der Waals surface area contributed by atoms with E-state index < -0.39 is 0 Å². The second-order valence-corrected chi connectivity index (χ2v) is 4.83. The summed E-state index contributed by atoms with van der Waals surface area (Å²) < 4.78 is 4.96. The molecule has 0 aliphatic rings. The molecule has 0 aliphatic carbocycles. The van der Waals surface area contributed by atoms with E-state index in [1.54, 1.807) is 6.92 Å². The second kappa shape index (κ2) is 12.4. The Morgan fingerprint density at radius 2 is 1.81 bits per heavy atom. The number of carbonyl (C=O) groups is 1. The van der Waals surface area contributed by atoms with Crippen LogP contribution in [0.1, 0.15) is 26.3 Å². The van der Waals surface area contributed by atoms with Crippen LogP contribution in [0.3, 0.4) is 0 Å². The molecule has 0 spiro atoms. The van der Waals surface area contributed by atoms with E-state index in [-0.39, 0.29) is 5.97 Å². The highest BCUT2D eigenvalue weighted by atomic mass is 35.5. The first-order chi connectivity index (χ1) is 10.0. The summed E-state index contributed by atoms with van der Waals surface area (Å²) in [5.41, 5.74) is 1.63. The number of hydrogen-bond acceptors (Lipinski definition) is 3. The van der Waals surface area contributed by atoms with Crippen molar-refractivity contribution in [1.82, 2.24) is 4.90 Å². The molecule has 0 aliphatic heterocycles. The summed E-state index contributed by atoms with van der Waals surface area (Å²) in [4.78, 5) is 13.2. The van der Waals surface area contributed by atoms with Crippen LogP contribution < -0.4 is 0 Å². The summed E-state index contributed by atoms with van der Waals surface area (Å²) in [6.07, 6.45) is 0. The fourth-order valence-corrected chi connectivity index (χ4v) is 1.68. The van der Waals surface area contributed by atoms with E-state index in [4.69, 9.17) is 16.3 Å². The van der Waals surface area contributed by atoms with E-state index in [0.29, 0.717) is 18.1 Å². The lowest BCUT2D eigenvalue weighted by atomic mass is 10.2. The van der Waals surface area contributed by atoms with Gasteiger partial charge in [0.2, 0.25) is 0 Å². The SMILES string of the molecule is C=C(C)C(=O)OCCN(CC)CC.ClCc1ccccc1. The standard InChI is InChI=1S/C10H19NO2.C7H7Cl/c1-5-11(6-2)7-8-13-10(12)9(3)4;8-6-7-4-2-1-3-5-7/h3,5-8H2,1-2,4H3;1-5H,6H2. The Kier molecular flexibility index (Phi) is 11.6. The zero-order valence-corrected chi connectivity index (χ0v) is 14.0. The zero-order chi connectivity index (χ0) is 16.1. The van der Waals surface area contributed by atoms with E-state index in [2.05, 4.69) is 25.3 Å². The Morgan fingerprint density at radius 1 is 1.24 bits per heavy atom. The summed E-state index contributed by atoms with van der Waals surface area (Å²) in [6.45, 7) is 12.6. The highest BCUT2D eigenvalue weighted by Gasteiger charge is 2.04. The molecule has 21 heavy (non-hydrogen) atoms. The third-order valence-electron chi connectivity index (χ3n) is 2.88. The number of nitrogens with zero attached hydrogens (tertiary/aromatic N) is 1. The molecule has 1 aromatic rings. The Morgan fingerprint density at radius 3 is 2.19 bits per heavy atom. The van der Waals surface area contributed by atoms with E-state index in [1.165, 1.54) is 5.56 Å². The first-order valence-corrected chi connectivity index (χ1v) is 7.73. The van der Waals surface area contributed by atoms with E-state index in [9.17, 15) is 4.79 Å². The number of ether oxygens (including phenoxy) is 1. The monoisotopic (exact) mass is 311 g/mol. The van der Waals surface area contributed by atoms with E-state index in [1.807, 2.05) is 30.3 Å². The van der Waals surface area contributed by atoms with Gasteiger partial charge in [-0.1, -0.05) is 50.8 Å². The molecule has 1 aromatic carbocycles. The van der Waals surface area contributed by atoms with Crippen LogP contribution in [-0.2, 0) is 15.4 Å². The minimum absolute atomic E-state index is 0.299. The number of esters is 1. The molecule has 0 saturated heterocycles. The maximum atomic E-state index is 11.0. The first-order valence-electron chi connectivity index (χ1n) is 7.19. The molecule has 0 heterocycles. The van der Waals surface area contributed by atoms with Gasteiger partial charge in [0, 0.05) is 18.0 Å². The van der Waals surface area contributed by atoms with Crippen molar-refractivity contribution in [1.29, 1.82) is 0 Å². The predicted octanol–water partition coefficient (Wildman–Crippen LogP) is 3.87. The van der Waals surface area contributed by atoms with Crippen LogP contribution in [0.15, 0.2) is 42.5 Å². The van der Waals surface area contributed by atoms with Crippen LogP contribution in [0.25, 0.3) is 0 Å². The molecule has 0 unspecified atom stereocenters. The fraction of sp³-hybridized carbons (Fsp3) is 0.471. The molecule has 0 bridgehead atoms. The highest BCUT2D eigenvalue weighted by Crippen LogP contribution is 2.00. The molecule has 0 saturated carbocycles. The summed E-state index contributed by atoms with van der Waals surface area (Å²) in [6, 6.07) is 9.96. The first kappa shape index (κ1) is 19.7. The zero-order valence-electron chi connectivity index (χ0n) is 13.3. The summed E-state index contributed by atoms with van der Waals surface area (Å²) in [5, 5.41) is 0. The third-order valence-corrected chi connectivity index (χ3v) is 3.19. The molecule has 0 N–H and O–H groups in total. The van der Waals surface area contributed by atoms with Gasteiger partial charge >= 0.3 is 5.97 Å². The van der Waals surface area contributed by atoms with Gasteiger partial charge in [-0.3, -0.25) is 0 Å². The fourth-order valence-electron chi connectivity index (χ4n) is 1.50. The van der Waals surface area contributed by atoms with Crippen molar-refractivity contribution in [2.24, 2.45) is 0 Å². The van der Waals surface area contributed by atoms with Crippen LogP contribution in [0.4, 0.5) is 0 Å². The predicted molar refractivity (Wildman–Crippen MR) is 89.6 cm³/mol. The molecular weight excluding hydrogens is 286 g/mol. The van der Waals surface area contributed by atoms with Gasteiger partial charge in [-0.15, -0.1) is 11.6 Å². The molecule has 1 rings (SSSR count). The second-order valence-electron chi connectivity index (χ2n) is 4.56. The van der Waals surface area contributed by atoms with Crippen molar-refractivity contribution >= 4 is 17.6 Å². The molecule has 118 valence electrons. The Labute approximate surface area is 133 Å². The highest BCUT2D eigenvalue weighted by molar-refractivity contribution is 6.17. The number of halogens is 1. The number of rotatable bonds is 7. The molecule has 0 atom stereocenters. The van der Waals surface area contributed by atoms with Crippen LogP contribution >= 0.6 is 11.6 Å². The van der Waals surface area contributed by atoms with Gasteiger partial charge in [-0.2, -0.15) is 0 Å². The van der Waals surface area contributed by atoms with Gasteiger partial charge in [0.25, 0.3) is 0 Å². The van der Waals surface area contributed by atoms with Crippen molar-refractivity contribution in [2.45, 2.75) is 26.7 Å². The Balaban J connectivity index is 0.000000423. The maximum Gasteiger partial charge on any atom is 0.333 e. The number of alkyl halides is 1. The van der Waals surface area contributed by atoms with Crippen molar-refractivity contribution < 1.29 is 9.53 Å². The third kappa shape index (κ3) is 10.1. The van der Waals surface area contributed by atoms with E-state index in [0.717, 1.165) is 19.6 Å². The molecule has 0 aromatic heterocycles. The topological polar surface area (TPSA) is 29.5 Å². The largest absolute Gasteiger partial charge is 0.461 e. The van der Waals surface area contributed by atoms with Crippen molar-refractivity contribution in [3.63, 3.8) is 0 Å². The molecular formula is C17H26ClNO2. The summed E-state index contributed by atoms with van der Waals surface area (Å²) in [7, 11) is 0. The van der Waals surface area contributed by atoms with Crippen LogP contribution in [0.5, 0.6) is 0 Å². The number of likely N-dealkylation sites (N-methyl/N-ethyl adjacent to an activating group) is 1. The lowest BCUT2D eigenvalue weighted by Gasteiger charge is -2.17. The Hall–Kier alpha value is -1.32. The summed E-state index contributed by atoms with van der Waals surface area (Å²) in [5.74, 6) is 0.313. The van der Waals surface area contributed by atoms with Gasteiger partial charge < -0.3 is 9.64 Å². The van der Waals surface area contributed by atoms with Gasteiger partial charge in [0.1, 0.15) is 6.61 Å². The van der Waals surface area contributed by atoms with Gasteiger partial charge in [0.15, 0.2) is 0 Å². The maximum absolute atomic E-state index is 11.0. The van der Waals surface area contributed by atoms with Crippen LogP contribution in [0, 0.1) is 0 Å². The molecule has 3 nitrogen and oxygen atoms in total. The number of benzene rings is 1. The van der Waals surface area contributed by atoms with E-state index >= 15 is 0 Å². The smallest absolute Gasteiger partial charge is 0.333 e. The average Bonchev–Trinajstić information content (AvgIpc) is 2.52.